The summed E-state index contributed by atoms with van der Waals surface area (Å²) in [7, 11) is 0. The SMILES string of the molecule is [2H]c1c([2H])c([2H])c(-c2ccc(-c3ccccc3)cc2-c2ccc3c4cc5c(cc4n4c6c(C(C)(C)C)cccc6c2c34)c2ccc(-c3cc(-c4ccccc4)ccc3-c3c([2H])c([2H])c([2H])c([2H])c3[2H])c3c4cccc(C(C)(C)C)c4n5c23)c([2H])c1[2H]. The minimum atomic E-state index is -0.437. The molecule has 15 rings (SSSR count). The van der Waals surface area contributed by atoms with Crippen LogP contribution in [0.15, 0.2) is 230 Å². The number of hydrogen-bond acceptors (Lipinski definition) is 0. The van der Waals surface area contributed by atoms with E-state index in [4.69, 9.17) is 8.22 Å². The number of para-hydroxylation sites is 2. The molecule has 2 heteroatoms. The van der Waals surface area contributed by atoms with E-state index in [1.807, 2.05) is 60.7 Å². The molecule has 0 radical (unpaired) electrons. The van der Waals surface area contributed by atoms with Gasteiger partial charge in [0.1, 0.15) is 0 Å². The van der Waals surface area contributed by atoms with Gasteiger partial charge in [0.15, 0.2) is 0 Å². The summed E-state index contributed by atoms with van der Waals surface area (Å²) in [6, 6.07) is 55.3. The van der Waals surface area contributed by atoms with E-state index in [1.165, 1.54) is 0 Å². The third kappa shape index (κ3) is 6.47. The Kier molecular flexibility index (Phi) is 7.54. The monoisotopic (exact) mass is 983 g/mol. The molecule has 0 bridgehead atoms. The highest BCUT2D eigenvalue weighted by molar-refractivity contribution is 6.32. The van der Waals surface area contributed by atoms with Crippen molar-refractivity contribution < 1.29 is 13.7 Å². The van der Waals surface area contributed by atoms with Crippen molar-refractivity contribution in [2.45, 2.75) is 52.4 Å². The molecular formula is C74H56N2. The molecule has 0 aliphatic rings. The molecule has 362 valence electrons. The minimum Gasteiger partial charge on any atom is -0.308 e. The van der Waals surface area contributed by atoms with Gasteiger partial charge >= 0.3 is 0 Å². The fourth-order valence-corrected chi connectivity index (χ4v) is 12.7. The van der Waals surface area contributed by atoms with Gasteiger partial charge in [0.05, 0.1) is 46.8 Å². The molecule has 76 heavy (non-hydrogen) atoms. The van der Waals surface area contributed by atoms with E-state index in [0.717, 1.165) is 132 Å². The average Bonchev–Trinajstić information content (AvgIpc) is 1.52. The van der Waals surface area contributed by atoms with Crippen molar-refractivity contribution in [1.82, 2.24) is 8.80 Å². The highest BCUT2D eigenvalue weighted by Crippen LogP contribution is 2.52. The van der Waals surface area contributed by atoms with Gasteiger partial charge in [-0.05, 0) is 113 Å². The molecule has 0 saturated heterocycles. The van der Waals surface area contributed by atoms with Crippen molar-refractivity contribution in [3.05, 3.63) is 241 Å². The van der Waals surface area contributed by atoms with Crippen LogP contribution in [0.2, 0.25) is 0 Å². The number of hydrogen-bond donors (Lipinski definition) is 0. The van der Waals surface area contributed by atoms with Gasteiger partial charge < -0.3 is 8.80 Å². The Hall–Kier alpha value is -8.98. The molecule has 11 aromatic carbocycles. The van der Waals surface area contributed by atoms with Crippen LogP contribution in [0.5, 0.6) is 0 Å². The molecule has 0 atom stereocenters. The van der Waals surface area contributed by atoms with Crippen LogP contribution in [0.4, 0.5) is 0 Å². The number of fused-ring (bicyclic) bond motifs is 12. The second-order valence-electron chi connectivity index (χ2n) is 22.5. The van der Waals surface area contributed by atoms with E-state index in [2.05, 4.69) is 160 Å². The Morgan fingerprint density at radius 2 is 0.684 bits per heavy atom. The lowest BCUT2D eigenvalue weighted by molar-refractivity contribution is 0.594. The molecule has 4 heterocycles. The maximum atomic E-state index is 9.29. The Labute approximate surface area is 457 Å². The smallest absolute Gasteiger partial charge is 0.0629 e. The van der Waals surface area contributed by atoms with Crippen LogP contribution < -0.4 is 0 Å². The lowest BCUT2D eigenvalue weighted by Crippen LogP contribution is -2.12. The lowest BCUT2D eigenvalue weighted by Gasteiger charge is -2.21. The maximum absolute atomic E-state index is 9.29. The van der Waals surface area contributed by atoms with Crippen LogP contribution in [-0.4, -0.2) is 8.80 Å². The molecular weight excluding hydrogens is 917 g/mol. The molecule has 0 aliphatic carbocycles. The zero-order valence-electron chi connectivity index (χ0n) is 53.1. The molecule has 0 aliphatic heterocycles. The minimum absolute atomic E-state index is 0.146. The van der Waals surface area contributed by atoms with E-state index < -0.39 is 12.1 Å². The zero-order chi connectivity index (χ0) is 59.9. The predicted molar refractivity (Wildman–Crippen MR) is 326 cm³/mol. The Balaban J connectivity index is 1.08. The summed E-state index contributed by atoms with van der Waals surface area (Å²) in [6.07, 6.45) is 0. The maximum Gasteiger partial charge on any atom is 0.0629 e. The first kappa shape index (κ1) is 35.3. The van der Waals surface area contributed by atoms with E-state index in [1.54, 1.807) is 0 Å². The van der Waals surface area contributed by atoms with Crippen LogP contribution in [0.1, 0.15) is 66.4 Å². The van der Waals surface area contributed by atoms with E-state index in [9.17, 15) is 5.48 Å². The van der Waals surface area contributed by atoms with Crippen LogP contribution >= 0.6 is 0 Å². The zero-order valence-corrected chi connectivity index (χ0v) is 43.1. The van der Waals surface area contributed by atoms with Gasteiger partial charge in [-0.15, -0.1) is 0 Å². The fourth-order valence-electron chi connectivity index (χ4n) is 12.7. The molecule has 2 nitrogen and oxygen atoms in total. The van der Waals surface area contributed by atoms with Gasteiger partial charge in [-0.3, -0.25) is 0 Å². The quantitative estimate of drug-likeness (QED) is 0.157. The second kappa shape index (κ2) is 16.3. The van der Waals surface area contributed by atoms with Crippen LogP contribution in [0.3, 0.4) is 0 Å². The topological polar surface area (TPSA) is 8.82 Å². The molecule has 0 unspecified atom stereocenters. The van der Waals surface area contributed by atoms with Crippen LogP contribution in [-0.2, 0) is 10.8 Å². The molecule has 15 aromatic rings. The number of rotatable bonds is 6. The summed E-state index contributed by atoms with van der Waals surface area (Å²) in [5, 5.41) is 8.28. The van der Waals surface area contributed by atoms with Gasteiger partial charge in [0.25, 0.3) is 0 Å². The summed E-state index contributed by atoms with van der Waals surface area (Å²) in [5.74, 6) is 0. The normalized spacial score (nSPS) is 14.4. The second-order valence-corrected chi connectivity index (χ2v) is 22.5. The number of nitrogens with zero attached hydrogens (tertiary/aromatic N) is 2. The number of aromatic nitrogens is 2. The van der Waals surface area contributed by atoms with Gasteiger partial charge in [-0.1, -0.05) is 248 Å². The Morgan fingerprint density at radius 3 is 1.08 bits per heavy atom. The van der Waals surface area contributed by atoms with Crippen LogP contribution in [0, 0.1) is 0 Å². The first-order valence-electron chi connectivity index (χ1n) is 31.1. The van der Waals surface area contributed by atoms with E-state index in [0.29, 0.717) is 11.1 Å². The van der Waals surface area contributed by atoms with Crippen molar-refractivity contribution >= 4 is 76.2 Å². The highest BCUT2D eigenvalue weighted by Gasteiger charge is 2.30. The highest BCUT2D eigenvalue weighted by atomic mass is 14.9. The standard InChI is InChI=1S/C74H56N2/c1-73(2,3)63-31-19-29-57-67-53(59-41-49(45-21-11-7-12-22-45)33-35-51(59)47-25-15-9-16-26-47)37-39-55-61-44-66-62(43-65(61)75(69(57)63)71(55)67)56-40-38-54(68-58-30-20-32-64(74(4,5)6)70(58)76(66)72(56)68)60-42-50(46-23-13-8-14-24-46)34-36-52(60)48-27-17-10-18-28-48/h7-44H,1-6H3/i9D,10D,15D,16D,17D,18D,25D,26D,27D,28D. The predicted octanol–water partition coefficient (Wildman–Crippen LogP) is 20.6. The van der Waals surface area contributed by atoms with Crippen LogP contribution in [0.25, 0.3) is 143 Å². The van der Waals surface area contributed by atoms with E-state index >= 15 is 0 Å². The lowest BCUT2D eigenvalue weighted by atomic mass is 9.84. The van der Waals surface area contributed by atoms with Crippen molar-refractivity contribution in [2.75, 3.05) is 0 Å². The summed E-state index contributed by atoms with van der Waals surface area (Å²) in [6.45, 7) is 13.5. The van der Waals surface area contributed by atoms with E-state index in [-0.39, 0.29) is 70.3 Å². The van der Waals surface area contributed by atoms with Crippen molar-refractivity contribution in [3.63, 3.8) is 0 Å². The van der Waals surface area contributed by atoms with Crippen molar-refractivity contribution in [1.29, 1.82) is 0 Å². The molecule has 0 saturated carbocycles. The molecule has 0 amide bonds. The van der Waals surface area contributed by atoms with Crippen molar-refractivity contribution in [3.8, 4) is 66.8 Å². The fraction of sp³-hybridized carbons (Fsp3) is 0.108. The van der Waals surface area contributed by atoms with Gasteiger partial charge in [0, 0.05) is 43.1 Å². The summed E-state index contributed by atoms with van der Waals surface area (Å²) >= 11 is 0. The first-order valence-corrected chi connectivity index (χ1v) is 26.1. The van der Waals surface area contributed by atoms with Gasteiger partial charge in [-0.25, -0.2) is 0 Å². The van der Waals surface area contributed by atoms with Crippen molar-refractivity contribution in [2.24, 2.45) is 0 Å². The third-order valence-corrected chi connectivity index (χ3v) is 16.0. The Morgan fingerprint density at radius 1 is 0.289 bits per heavy atom. The summed E-state index contributed by atoms with van der Waals surface area (Å²) < 4.78 is 94.3. The van der Waals surface area contributed by atoms with Gasteiger partial charge in [0.2, 0.25) is 0 Å². The van der Waals surface area contributed by atoms with Gasteiger partial charge in [-0.2, -0.15) is 0 Å². The molecule has 0 N–H and O–H groups in total. The summed E-state index contributed by atoms with van der Waals surface area (Å²) in [4.78, 5) is 0. The largest absolute Gasteiger partial charge is 0.308 e. The summed E-state index contributed by atoms with van der Waals surface area (Å²) in [5.41, 5.74) is 16.4. The Bertz CT molecular complexity index is 5020. The molecule has 4 aromatic heterocycles. The molecule has 0 fully saturated rings. The average molecular weight is 983 g/mol. The molecule has 0 spiro atoms. The third-order valence-electron chi connectivity index (χ3n) is 16.0. The number of benzene rings is 11. The first-order chi connectivity index (χ1) is 41.1.